The van der Waals surface area contributed by atoms with Crippen molar-refractivity contribution < 1.29 is 23.1 Å². The van der Waals surface area contributed by atoms with Gasteiger partial charge in [-0.15, -0.1) is 12.4 Å². The van der Waals surface area contributed by atoms with Gasteiger partial charge in [-0.05, 0) is 32.6 Å². The Morgan fingerprint density at radius 2 is 2.00 bits per heavy atom. The number of rotatable bonds is 4. The lowest BCUT2D eigenvalue weighted by Crippen LogP contribution is -2.51. The highest BCUT2D eigenvalue weighted by atomic mass is 35.5. The van der Waals surface area contributed by atoms with E-state index in [1.807, 2.05) is 0 Å². The number of hydrogen-bond donors (Lipinski definition) is 3. The van der Waals surface area contributed by atoms with Crippen LogP contribution in [0.4, 0.5) is 0 Å². The van der Waals surface area contributed by atoms with Gasteiger partial charge >= 0.3 is 5.97 Å². The van der Waals surface area contributed by atoms with Crippen molar-refractivity contribution >= 4 is 34.3 Å². The van der Waals surface area contributed by atoms with Crippen molar-refractivity contribution in [3.05, 3.63) is 0 Å². The van der Waals surface area contributed by atoms with E-state index in [9.17, 15) is 18.0 Å². The quantitative estimate of drug-likeness (QED) is 0.614. The molecule has 23 heavy (non-hydrogen) atoms. The molecule has 4 N–H and O–H groups in total. The molecule has 0 aliphatic carbocycles. The Labute approximate surface area is 142 Å². The number of sulfonamides is 1. The number of carbonyl (C=O) groups excluding carboxylic acids is 1. The predicted molar refractivity (Wildman–Crippen MR) is 86.7 cm³/mol. The van der Waals surface area contributed by atoms with Crippen LogP contribution in [-0.4, -0.2) is 60.1 Å². The van der Waals surface area contributed by atoms with Crippen LogP contribution in [0.5, 0.6) is 0 Å². The van der Waals surface area contributed by atoms with Crippen LogP contribution in [0.25, 0.3) is 0 Å². The number of nitrogens with zero attached hydrogens (tertiary/aromatic N) is 1. The van der Waals surface area contributed by atoms with E-state index in [0.717, 1.165) is 0 Å². The van der Waals surface area contributed by atoms with Crippen molar-refractivity contribution in [2.75, 3.05) is 19.3 Å². The molecule has 134 valence electrons. The lowest BCUT2D eigenvalue weighted by Gasteiger charge is -2.38. The summed E-state index contributed by atoms with van der Waals surface area (Å²) in [6.45, 7) is 2.13. The molecule has 0 radical (unpaired) electrons. The zero-order valence-corrected chi connectivity index (χ0v) is 14.9. The average Bonchev–Trinajstić information content (AvgIpc) is 2.64. The van der Waals surface area contributed by atoms with E-state index in [-0.39, 0.29) is 24.7 Å². The van der Waals surface area contributed by atoms with Gasteiger partial charge in [-0.2, -0.15) is 0 Å². The molecule has 0 bridgehead atoms. The maximum absolute atomic E-state index is 12.1. The Kier molecular flexibility index (Phi) is 5.73. The van der Waals surface area contributed by atoms with Crippen LogP contribution in [0.1, 0.15) is 32.6 Å². The summed E-state index contributed by atoms with van der Waals surface area (Å²) in [4.78, 5) is 23.2. The van der Waals surface area contributed by atoms with Crippen LogP contribution < -0.4 is 11.1 Å². The highest BCUT2D eigenvalue weighted by Gasteiger charge is 2.48. The summed E-state index contributed by atoms with van der Waals surface area (Å²) in [6, 6.07) is 0. The molecule has 1 spiro atoms. The van der Waals surface area contributed by atoms with Crippen molar-refractivity contribution in [2.24, 2.45) is 11.7 Å². The van der Waals surface area contributed by atoms with Crippen LogP contribution >= 0.6 is 12.4 Å². The molecule has 10 heteroatoms. The van der Waals surface area contributed by atoms with E-state index in [2.05, 4.69) is 5.32 Å². The second kappa shape index (κ2) is 6.54. The molecule has 0 saturated carbocycles. The van der Waals surface area contributed by atoms with Gasteiger partial charge in [-0.25, -0.2) is 12.7 Å². The fraction of sp³-hybridized carbons (Fsp3) is 0.846. The molecule has 2 aliphatic heterocycles. The molecule has 2 saturated heterocycles. The SMILES string of the molecule is CC(N)(CC1CC2(CCN(S(C)(=O)=O)CC2)NC1=O)C(=O)O.Cl. The topological polar surface area (TPSA) is 130 Å². The maximum atomic E-state index is 12.1. The van der Waals surface area contributed by atoms with E-state index in [1.165, 1.54) is 17.5 Å². The normalized spacial score (nSPS) is 27.1. The van der Waals surface area contributed by atoms with Crippen LogP contribution in [0.15, 0.2) is 0 Å². The highest BCUT2D eigenvalue weighted by molar-refractivity contribution is 7.88. The van der Waals surface area contributed by atoms with Gasteiger partial charge in [0.15, 0.2) is 0 Å². The number of nitrogens with one attached hydrogen (secondary N) is 1. The number of halogens is 1. The number of carboxylic acid groups (broad SMARTS) is 1. The maximum Gasteiger partial charge on any atom is 0.323 e. The van der Waals surface area contributed by atoms with Gasteiger partial charge in [-0.3, -0.25) is 9.59 Å². The summed E-state index contributed by atoms with van der Waals surface area (Å²) in [6.07, 6.45) is 2.83. The van der Waals surface area contributed by atoms with Crippen LogP contribution in [-0.2, 0) is 19.6 Å². The fourth-order valence-electron chi connectivity index (χ4n) is 3.32. The largest absolute Gasteiger partial charge is 0.480 e. The van der Waals surface area contributed by atoms with Crippen LogP contribution in [0.2, 0.25) is 0 Å². The first-order valence-electron chi connectivity index (χ1n) is 7.25. The summed E-state index contributed by atoms with van der Waals surface area (Å²) >= 11 is 0. The first-order chi connectivity index (χ1) is 9.95. The van der Waals surface area contributed by atoms with Gasteiger partial charge in [0.2, 0.25) is 15.9 Å². The molecule has 2 atom stereocenters. The van der Waals surface area contributed by atoms with E-state index in [4.69, 9.17) is 10.8 Å². The Hall–Kier alpha value is -0.900. The number of amides is 1. The van der Waals surface area contributed by atoms with Crippen molar-refractivity contribution in [3.63, 3.8) is 0 Å². The predicted octanol–water partition coefficient (Wildman–Crippen LogP) is -0.469. The molecule has 8 nitrogen and oxygen atoms in total. The minimum Gasteiger partial charge on any atom is -0.480 e. The number of carboxylic acids is 1. The molecule has 0 aromatic carbocycles. The van der Waals surface area contributed by atoms with Gasteiger partial charge in [0, 0.05) is 24.5 Å². The van der Waals surface area contributed by atoms with Crippen molar-refractivity contribution in [1.29, 1.82) is 0 Å². The molecular formula is C13H24ClN3O5S. The van der Waals surface area contributed by atoms with Gasteiger partial charge < -0.3 is 16.2 Å². The molecule has 2 heterocycles. The smallest absolute Gasteiger partial charge is 0.323 e. The van der Waals surface area contributed by atoms with Gasteiger partial charge in [0.25, 0.3) is 0 Å². The molecule has 2 fully saturated rings. The second-order valence-electron chi connectivity index (χ2n) is 6.76. The number of piperidine rings is 1. The van der Waals surface area contributed by atoms with Crippen LogP contribution in [0.3, 0.4) is 0 Å². The van der Waals surface area contributed by atoms with E-state index < -0.39 is 33.0 Å². The number of aliphatic carboxylic acids is 1. The summed E-state index contributed by atoms with van der Waals surface area (Å²) < 4.78 is 24.5. The molecule has 0 aromatic rings. The molecule has 0 aromatic heterocycles. The zero-order chi connectivity index (χ0) is 16.8. The highest BCUT2D eigenvalue weighted by Crippen LogP contribution is 2.37. The van der Waals surface area contributed by atoms with E-state index in [1.54, 1.807) is 0 Å². The molecule has 1 amide bonds. The third-order valence-electron chi connectivity index (χ3n) is 4.70. The van der Waals surface area contributed by atoms with Gasteiger partial charge in [-0.1, -0.05) is 0 Å². The lowest BCUT2D eigenvalue weighted by molar-refractivity contribution is -0.143. The molecule has 2 aliphatic rings. The Balaban J connectivity index is 0.00000264. The average molecular weight is 370 g/mol. The monoisotopic (exact) mass is 369 g/mol. The molecule has 2 unspecified atom stereocenters. The van der Waals surface area contributed by atoms with E-state index in [0.29, 0.717) is 32.4 Å². The van der Waals surface area contributed by atoms with Gasteiger partial charge in [0.1, 0.15) is 5.54 Å². The minimum atomic E-state index is -3.22. The Bertz CT molecular complexity index is 584. The van der Waals surface area contributed by atoms with E-state index >= 15 is 0 Å². The number of hydrogen-bond acceptors (Lipinski definition) is 5. The lowest BCUT2D eigenvalue weighted by atomic mass is 9.80. The summed E-state index contributed by atoms with van der Waals surface area (Å²) in [5, 5.41) is 12.0. The third-order valence-corrected chi connectivity index (χ3v) is 6.01. The number of nitrogens with two attached hydrogens (primary N) is 1. The Morgan fingerprint density at radius 3 is 2.43 bits per heavy atom. The fourth-order valence-corrected chi connectivity index (χ4v) is 4.16. The van der Waals surface area contributed by atoms with Crippen molar-refractivity contribution in [1.82, 2.24) is 9.62 Å². The Morgan fingerprint density at radius 1 is 1.48 bits per heavy atom. The first kappa shape index (κ1) is 20.1. The summed E-state index contributed by atoms with van der Waals surface area (Å²) in [5.41, 5.74) is 3.86. The summed E-state index contributed by atoms with van der Waals surface area (Å²) in [7, 11) is -3.22. The number of carbonyl (C=O) groups is 2. The third kappa shape index (κ3) is 4.34. The molecule has 2 rings (SSSR count). The van der Waals surface area contributed by atoms with Crippen LogP contribution in [0, 0.1) is 5.92 Å². The zero-order valence-electron chi connectivity index (χ0n) is 13.2. The standard InChI is InChI=1S/C13H23N3O5S.ClH/c1-12(14,11(18)19)7-9-8-13(15-10(9)17)3-5-16(6-4-13)22(2,20)21;/h9H,3-8,14H2,1-2H3,(H,15,17)(H,18,19);1H. The minimum absolute atomic E-state index is 0. The van der Waals surface area contributed by atoms with Gasteiger partial charge in [0.05, 0.1) is 6.26 Å². The molecular weight excluding hydrogens is 346 g/mol. The van der Waals surface area contributed by atoms with Crippen molar-refractivity contribution in [2.45, 2.75) is 43.7 Å². The second-order valence-corrected chi connectivity index (χ2v) is 8.74. The summed E-state index contributed by atoms with van der Waals surface area (Å²) in [5.74, 6) is -1.77. The first-order valence-corrected chi connectivity index (χ1v) is 9.09. The van der Waals surface area contributed by atoms with Crippen molar-refractivity contribution in [3.8, 4) is 0 Å².